The molecule has 4 rings (SSSR count). The van der Waals surface area contributed by atoms with E-state index in [9.17, 15) is 8.42 Å². The highest BCUT2D eigenvalue weighted by Crippen LogP contribution is 2.22. The Balaban J connectivity index is 1.49. The monoisotopic (exact) mass is 412 g/mol. The van der Waals surface area contributed by atoms with E-state index in [1.807, 2.05) is 35.9 Å². The molecule has 0 N–H and O–H groups in total. The first-order valence-electron chi connectivity index (χ1n) is 9.65. The van der Waals surface area contributed by atoms with Crippen LogP contribution in [0.4, 0.5) is 5.82 Å². The van der Waals surface area contributed by atoms with Crippen LogP contribution in [0.15, 0.2) is 53.9 Å². The molecular weight excluding hydrogens is 388 g/mol. The van der Waals surface area contributed by atoms with Crippen molar-refractivity contribution < 1.29 is 8.42 Å². The topological polar surface area (TPSA) is 84.2 Å². The zero-order chi connectivity index (χ0) is 20.4. The van der Waals surface area contributed by atoms with E-state index >= 15 is 0 Å². The summed E-state index contributed by atoms with van der Waals surface area (Å²) in [6.07, 6.45) is 6.12. The van der Waals surface area contributed by atoms with Crippen molar-refractivity contribution in [2.75, 3.05) is 31.1 Å². The molecule has 0 amide bonds. The van der Waals surface area contributed by atoms with Gasteiger partial charge in [0.2, 0.25) is 10.0 Å². The molecule has 9 heteroatoms. The van der Waals surface area contributed by atoms with Gasteiger partial charge in [-0.2, -0.15) is 4.31 Å². The number of aryl methyl sites for hydroxylation is 2. The van der Waals surface area contributed by atoms with Crippen LogP contribution in [0.1, 0.15) is 18.3 Å². The van der Waals surface area contributed by atoms with Crippen LogP contribution in [0.25, 0.3) is 5.82 Å². The second-order valence-corrected chi connectivity index (χ2v) is 8.93. The number of benzene rings is 1. The van der Waals surface area contributed by atoms with Crippen LogP contribution < -0.4 is 4.90 Å². The Kier molecular flexibility index (Phi) is 5.33. The van der Waals surface area contributed by atoms with Gasteiger partial charge in [-0.1, -0.05) is 19.1 Å². The van der Waals surface area contributed by atoms with Crippen molar-refractivity contribution in [3.05, 3.63) is 60.4 Å². The summed E-state index contributed by atoms with van der Waals surface area (Å²) in [5.74, 6) is 2.21. The average Bonchev–Trinajstić information content (AvgIpc) is 3.28. The number of sulfonamides is 1. The van der Waals surface area contributed by atoms with Crippen molar-refractivity contribution in [3.8, 4) is 5.82 Å². The Morgan fingerprint density at radius 3 is 2.31 bits per heavy atom. The fraction of sp³-hybridized carbons (Fsp3) is 0.350. The van der Waals surface area contributed by atoms with Crippen molar-refractivity contribution in [2.45, 2.75) is 25.2 Å². The molecular formula is C20H24N6O2S. The van der Waals surface area contributed by atoms with Crippen LogP contribution in [0, 0.1) is 6.92 Å². The van der Waals surface area contributed by atoms with Crippen LogP contribution in [0.2, 0.25) is 0 Å². The molecule has 0 atom stereocenters. The average molecular weight is 413 g/mol. The first-order chi connectivity index (χ1) is 14.0. The summed E-state index contributed by atoms with van der Waals surface area (Å²) in [5.41, 5.74) is 1.13. The number of hydrogen-bond donors (Lipinski definition) is 0. The maximum absolute atomic E-state index is 13.0. The SMILES string of the molecule is CCc1ccc(S(=O)(=O)N2CCN(c3cc(-n4ccnc4)nc(C)n3)CC2)cc1. The lowest BCUT2D eigenvalue weighted by atomic mass is 10.2. The van der Waals surface area contributed by atoms with Crippen LogP contribution in [0.3, 0.4) is 0 Å². The summed E-state index contributed by atoms with van der Waals surface area (Å²) >= 11 is 0. The van der Waals surface area contributed by atoms with Gasteiger partial charge in [-0.25, -0.2) is 23.4 Å². The third-order valence-electron chi connectivity index (χ3n) is 5.11. The Morgan fingerprint density at radius 1 is 1.00 bits per heavy atom. The van der Waals surface area contributed by atoms with E-state index in [4.69, 9.17) is 0 Å². The Bertz CT molecular complexity index is 1070. The molecule has 3 aromatic rings. The predicted octanol–water partition coefficient (Wildman–Crippen LogP) is 2.04. The van der Waals surface area contributed by atoms with E-state index in [-0.39, 0.29) is 0 Å². The number of imidazole rings is 1. The van der Waals surface area contributed by atoms with Crippen molar-refractivity contribution in [1.29, 1.82) is 0 Å². The van der Waals surface area contributed by atoms with Gasteiger partial charge in [-0.05, 0) is 31.0 Å². The van der Waals surface area contributed by atoms with Gasteiger partial charge in [-0.15, -0.1) is 0 Å². The summed E-state index contributed by atoms with van der Waals surface area (Å²) in [7, 11) is -3.48. The molecule has 0 radical (unpaired) electrons. The smallest absolute Gasteiger partial charge is 0.243 e. The lowest BCUT2D eigenvalue weighted by Gasteiger charge is -2.34. The molecule has 0 unspecified atom stereocenters. The minimum Gasteiger partial charge on any atom is -0.354 e. The minimum atomic E-state index is -3.48. The fourth-order valence-corrected chi connectivity index (χ4v) is 4.85. The van der Waals surface area contributed by atoms with E-state index in [2.05, 4.69) is 26.8 Å². The quantitative estimate of drug-likeness (QED) is 0.638. The molecule has 1 saturated heterocycles. The van der Waals surface area contributed by atoms with E-state index in [0.717, 1.165) is 23.6 Å². The molecule has 1 aromatic carbocycles. The summed E-state index contributed by atoms with van der Waals surface area (Å²) in [5, 5.41) is 0. The Morgan fingerprint density at radius 2 is 1.69 bits per heavy atom. The summed E-state index contributed by atoms with van der Waals surface area (Å²) in [4.78, 5) is 15.5. The van der Waals surface area contributed by atoms with Crippen LogP contribution in [-0.2, 0) is 16.4 Å². The Hall–Kier alpha value is -2.78. The van der Waals surface area contributed by atoms with Crippen LogP contribution in [-0.4, -0.2) is 58.4 Å². The van der Waals surface area contributed by atoms with Gasteiger partial charge in [0.05, 0.1) is 4.90 Å². The third-order valence-corrected chi connectivity index (χ3v) is 7.02. The lowest BCUT2D eigenvalue weighted by molar-refractivity contribution is 0.383. The molecule has 0 saturated carbocycles. The normalized spacial score (nSPS) is 15.6. The molecule has 1 fully saturated rings. The van der Waals surface area contributed by atoms with Gasteiger partial charge < -0.3 is 4.90 Å². The highest BCUT2D eigenvalue weighted by atomic mass is 32.2. The summed E-state index contributed by atoms with van der Waals surface area (Å²) in [6.45, 7) is 5.89. The first kappa shape index (κ1) is 19.5. The van der Waals surface area contributed by atoms with Crippen LogP contribution in [0.5, 0.6) is 0 Å². The molecule has 8 nitrogen and oxygen atoms in total. The number of hydrogen-bond acceptors (Lipinski definition) is 6. The van der Waals surface area contributed by atoms with Gasteiger partial charge in [0.25, 0.3) is 0 Å². The van der Waals surface area contributed by atoms with Gasteiger partial charge >= 0.3 is 0 Å². The van der Waals surface area contributed by atoms with E-state index in [1.165, 1.54) is 0 Å². The number of nitrogens with zero attached hydrogens (tertiary/aromatic N) is 6. The van der Waals surface area contributed by atoms with Crippen molar-refractivity contribution in [1.82, 2.24) is 23.8 Å². The molecule has 1 aliphatic heterocycles. The molecule has 0 aliphatic carbocycles. The van der Waals surface area contributed by atoms with E-state index in [0.29, 0.717) is 36.9 Å². The van der Waals surface area contributed by atoms with Gasteiger partial charge in [-0.3, -0.25) is 4.57 Å². The fourth-order valence-electron chi connectivity index (χ4n) is 3.43. The van der Waals surface area contributed by atoms with Crippen molar-refractivity contribution >= 4 is 15.8 Å². The Labute approximate surface area is 170 Å². The first-order valence-corrected chi connectivity index (χ1v) is 11.1. The molecule has 0 spiro atoms. The molecule has 29 heavy (non-hydrogen) atoms. The molecule has 3 heterocycles. The van der Waals surface area contributed by atoms with Gasteiger partial charge in [0.1, 0.15) is 23.8 Å². The zero-order valence-corrected chi connectivity index (χ0v) is 17.4. The van der Waals surface area contributed by atoms with Crippen molar-refractivity contribution in [2.24, 2.45) is 0 Å². The highest BCUT2D eigenvalue weighted by molar-refractivity contribution is 7.89. The highest BCUT2D eigenvalue weighted by Gasteiger charge is 2.29. The number of anilines is 1. The van der Waals surface area contributed by atoms with E-state index in [1.54, 1.807) is 29.0 Å². The second kappa shape index (κ2) is 7.92. The molecule has 2 aromatic heterocycles. The van der Waals surface area contributed by atoms with E-state index < -0.39 is 10.0 Å². The standard InChI is InChI=1S/C20H24N6O2S/c1-3-17-4-6-18(7-5-17)29(27,28)26-12-10-24(11-13-26)19-14-20(23-16(2)22-19)25-9-8-21-15-25/h4-9,14-15H,3,10-13H2,1-2H3. The molecule has 1 aliphatic rings. The number of aromatic nitrogens is 4. The summed E-state index contributed by atoms with van der Waals surface area (Å²) < 4.78 is 29.3. The predicted molar refractivity (Wildman–Crippen MR) is 111 cm³/mol. The van der Waals surface area contributed by atoms with Gasteiger partial charge in [0.15, 0.2) is 0 Å². The maximum Gasteiger partial charge on any atom is 0.243 e. The molecule has 152 valence electrons. The number of rotatable bonds is 5. The maximum atomic E-state index is 13.0. The second-order valence-electron chi connectivity index (χ2n) is 6.99. The van der Waals surface area contributed by atoms with Crippen LogP contribution >= 0.6 is 0 Å². The number of piperazine rings is 1. The zero-order valence-electron chi connectivity index (χ0n) is 16.6. The largest absolute Gasteiger partial charge is 0.354 e. The molecule has 0 bridgehead atoms. The minimum absolute atomic E-state index is 0.350. The lowest BCUT2D eigenvalue weighted by Crippen LogP contribution is -2.49. The van der Waals surface area contributed by atoms with Gasteiger partial charge in [0, 0.05) is 44.6 Å². The summed E-state index contributed by atoms with van der Waals surface area (Å²) in [6, 6.07) is 9.06. The van der Waals surface area contributed by atoms with Crippen molar-refractivity contribution in [3.63, 3.8) is 0 Å². The third kappa shape index (κ3) is 4.01.